The minimum Gasteiger partial charge on any atom is -0.383 e. The number of halogens is 1. The fraction of sp³-hybridized carbons (Fsp3) is 0.111. The minimum absolute atomic E-state index is 0.175. The molecule has 4 nitrogen and oxygen atoms in total. The van der Waals surface area contributed by atoms with E-state index in [1.165, 1.54) is 12.1 Å². The number of hydrogen-bond acceptors (Lipinski definition) is 3. The summed E-state index contributed by atoms with van der Waals surface area (Å²) in [5, 5.41) is 9.48. The summed E-state index contributed by atoms with van der Waals surface area (Å²) >= 11 is 0. The molecule has 23 heavy (non-hydrogen) atoms. The quantitative estimate of drug-likeness (QED) is 0.785. The van der Waals surface area contributed by atoms with Gasteiger partial charge in [-0.3, -0.25) is 0 Å². The fourth-order valence-electron chi connectivity index (χ4n) is 2.74. The zero-order chi connectivity index (χ0) is 16.6. The topological polar surface area (TPSA) is 67.6 Å². The number of nitrogens with two attached hydrogens (primary N) is 1. The number of aromatic nitrogens is 2. The number of nitriles is 1. The molecule has 5 heteroatoms. The highest BCUT2D eigenvalue weighted by atomic mass is 19.1. The molecule has 0 fully saturated rings. The molecule has 0 radical (unpaired) electrons. The molecule has 3 aromatic rings. The predicted octanol–water partition coefficient (Wildman–Crippen LogP) is 3.66. The van der Waals surface area contributed by atoms with Crippen molar-refractivity contribution in [3.8, 4) is 28.6 Å². The molecule has 0 aliphatic rings. The van der Waals surface area contributed by atoms with Crippen molar-refractivity contribution in [3.63, 3.8) is 0 Å². The third kappa shape index (κ3) is 2.44. The van der Waals surface area contributed by atoms with Crippen molar-refractivity contribution in [1.82, 2.24) is 9.55 Å². The van der Waals surface area contributed by atoms with Gasteiger partial charge in [-0.15, -0.1) is 0 Å². The van der Waals surface area contributed by atoms with Gasteiger partial charge < -0.3 is 10.3 Å². The van der Waals surface area contributed by atoms with E-state index < -0.39 is 0 Å². The van der Waals surface area contributed by atoms with Crippen molar-refractivity contribution < 1.29 is 4.39 Å². The maximum atomic E-state index is 13.2. The normalized spacial score (nSPS) is 10.5. The first kappa shape index (κ1) is 14.8. The Bertz CT molecular complexity index is 917. The van der Waals surface area contributed by atoms with Crippen LogP contribution in [0.5, 0.6) is 0 Å². The lowest BCUT2D eigenvalue weighted by atomic mass is 9.96. The Labute approximate surface area is 133 Å². The summed E-state index contributed by atoms with van der Waals surface area (Å²) in [4.78, 5) is 4.37. The largest absolute Gasteiger partial charge is 0.383 e. The van der Waals surface area contributed by atoms with E-state index in [4.69, 9.17) is 5.73 Å². The van der Waals surface area contributed by atoms with E-state index in [-0.39, 0.29) is 11.6 Å². The van der Waals surface area contributed by atoms with Crippen LogP contribution in [0.4, 0.5) is 10.2 Å². The minimum atomic E-state index is -0.310. The molecule has 0 aliphatic heterocycles. The highest BCUT2D eigenvalue weighted by Crippen LogP contribution is 2.35. The molecule has 0 unspecified atom stereocenters. The summed E-state index contributed by atoms with van der Waals surface area (Å²) in [6, 6.07) is 12.1. The second-order valence-electron chi connectivity index (χ2n) is 5.34. The van der Waals surface area contributed by atoms with Gasteiger partial charge >= 0.3 is 0 Å². The number of nitrogens with zero attached hydrogens (tertiary/aromatic N) is 3. The molecule has 0 aliphatic carbocycles. The predicted molar refractivity (Wildman–Crippen MR) is 87.9 cm³/mol. The molecule has 0 saturated heterocycles. The van der Waals surface area contributed by atoms with Gasteiger partial charge in [-0.1, -0.05) is 0 Å². The molecule has 1 aromatic carbocycles. The van der Waals surface area contributed by atoms with Gasteiger partial charge in [-0.2, -0.15) is 5.26 Å². The zero-order valence-electron chi connectivity index (χ0n) is 12.8. The Balaban J connectivity index is 2.33. The third-order valence-corrected chi connectivity index (χ3v) is 3.90. The first-order chi connectivity index (χ1) is 11.0. The van der Waals surface area contributed by atoms with Crippen LogP contribution < -0.4 is 5.73 Å². The summed E-state index contributed by atoms with van der Waals surface area (Å²) in [5.74, 6) is -0.135. The highest BCUT2D eigenvalue weighted by molar-refractivity contribution is 5.83. The number of aryl methyl sites for hydroxylation is 1. The van der Waals surface area contributed by atoms with Crippen molar-refractivity contribution >= 4 is 5.82 Å². The van der Waals surface area contributed by atoms with Crippen LogP contribution in [0, 0.1) is 24.1 Å². The number of rotatable bonds is 2. The summed E-state index contributed by atoms with van der Waals surface area (Å²) in [6.07, 6.45) is 1.91. The molecular weight excluding hydrogens is 291 g/mol. The smallest absolute Gasteiger partial charge is 0.142 e. The molecule has 0 bridgehead atoms. The van der Waals surface area contributed by atoms with Crippen molar-refractivity contribution in [2.24, 2.45) is 7.05 Å². The van der Waals surface area contributed by atoms with Crippen LogP contribution in [-0.4, -0.2) is 9.55 Å². The van der Waals surface area contributed by atoms with Crippen LogP contribution in [0.1, 0.15) is 11.1 Å². The lowest BCUT2D eigenvalue weighted by Gasteiger charge is -2.15. The van der Waals surface area contributed by atoms with E-state index in [2.05, 4.69) is 11.1 Å². The molecule has 114 valence electrons. The average Bonchev–Trinajstić information content (AvgIpc) is 2.95. The molecule has 2 heterocycles. The van der Waals surface area contributed by atoms with Gasteiger partial charge in [0.2, 0.25) is 0 Å². The number of hydrogen-bond donors (Lipinski definition) is 1. The Kier molecular flexibility index (Phi) is 3.59. The van der Waals surface area contributed by atoms with Crippen molar-refractivity contribution in [1.29, 1.82) is 5.26 Å². The first-order valence-electron chi connectivity index (χ1n) is 7.10. The molecule has 0 amide bonds. The molecule has 0 spiro atoms. The second-order valence-corrected chi connectivity index (χ2v) is 5.34. The molecule has 0 saturated carbocycles. The summed E-state index contributed by atoms with van der Waals surface area (Å²) in [7, 11) is 1.91. The van der Waals surface area contributed by atoms with E-state index in [1.54, 1.807) is 12.1 Å². The number of nitrogen functional groups attached to an aromatic ring is 1. The molecule has 2 aromatic heterocycles. The molecule has 0 atom stereocenters. The number of benzene rings is 1. The van der Waals surface area contributed by atoms with Crippen LogP contribution in [-0.2, 0) is 7.05 Å². The van der Waals surface area contributed by atoms with Gasteiger partial charge in [-0.05, 0) is 48.9 Å². The maximum absolute atomic E-state index is 13.2. The summed E-state index contributed by atoms with van der Waals surface area (Å²) in [5.41, 5.74) is 10.3. The monoisotopic (exact) mass is 306 g/mol. The standard InChI is InChI=1S/C18H15FN4/c1-11-16(15-4-3-9-23(15)2)14(10-20)18(21)22-17(11)12-5-7-13(19)8-6-12/h3-9H,1-2H3,(H2,21,22). The average molecular weight is 306 g/mol. The highest BCUT2D eigenvalue weighted by Gasteiger charge is 2.19. The van der Waals surface area contributed by atoms with Crippen LogP contribution >= 0.6 is 0 Å². The van der Waals surface area contributed by atoms with Gasteiger partial charge in [0, 0.05) is 30.1 Å². The van der Waals surface area contributed by atoms with Crippen LogP contribution in [0.2, 0.25) is 0 Å². The summed E-state index contributed by atoms with van der Waals surface area (Å²) in [6.45, 7) is 1.90. The van der Waals surface area contributed by atoms with Crippen molar-refractivity contribution in [2.45, 2.75) is 6.92 Å². The van der Waals surface area contributed by atoms with E-state index in [0.29, 0.717) is 11.3 Å². The summed E-state index contributed by atoms with van der Waals surface area (Å²) < 4.78 is 15.1. The van der Waals surface area contributed by atoms with Crippen LogP contribution in [0.25, 0.3) is 22.5 Å². The molecule has 2 N–H and O–H groups in total. The molecule has 3 rings (SSSR count). The lowest BCUT2D eigenvalue weighted by Crippen LogP contribution is -2.05. The lowest BCUT2D eigenvalue weighted by molar-refractivity contribution is 0.628. The van der Waals surface area contributed by atoms with Crippen LogP contribution in [0.15, 0.2) is 42.6 Å². The van der Waals surface area contributed by atoms with Gasteiger partial charge in [-0.25, -0.2) is 9.37 Å². The Hall–Kier alpha value is -3.13. The molecular formula is C18H15FN4. The van der Waals surface area contributed by atoms with E-state index in [1.807, 2.05) is 36.9 Å². The fourth-order valence-corrected chi connectivity index (χ4v) is 2.74. The van der Waals surface area contributed by atoms with E-state index >= 15 is 0 Å². The van der Waals surface area contributed by atoms with Crippen molar-refractivity contribution in [2.75, 3.05) is 5.73 Å². The van der Waals surface area contributed by atoms with Gasteiger partial charge in [0.15, 0.2) is 0 Å². The maximum Gasteiger partial charge on any atom is 0.142 e. The van der Waals surface area contributed by atoms with Crippen molar-refractivity contribution in [3.05, 3.63) is 59.5 Å². The van der Waals surface area contributed by atoms with Gasteiger partial charge in [0.05, 0.1) is 5.69 Å². The SMILES string of the molecule is Cc1c(-c2ccc(F)cc2)nc(N)c(C#N)c1-c1cccn1C. The Morgan fingerprint density at radius 2 is 1.91 bits per heavy atom. The van der Waals surface area contributed by atoms with Gasteiger partial charge in [0.25, 0.3) is 0 Å². The van der Waals surface area contributed by atoms with Gasteiger partial charge in [0.1, 0.15) is 23.3 Å². The van der Waals surface area contributed by atoms with Crippen LogP contribution in [0.3, 0.4) is 0 Å². The number of pyridine rings is 1. The third-order valence-electron chi connectivity index (χ3n) is 3.90. The number of anilines is 1. The first-order valence-corrected chi connectivity index (χ1v) is 7.10. The van der Waals surface area contributed by atoms with E-state index in [9.17, 15) is 9.65 Å². The second kappa shape index (κ2) is 5.58. The Morgan fingerprint density at radius 3 is 2.48 bits per heavy atom. The zero-order valence-corrected chi connectivity index (χ0v) is 12.8. The van der Waals surface area contributed by atoms with E-state index in [0.717, 1.165) is 22.4 Å². The Morgan fingerprint density at radius 1 is 1.22 bits per heavy atom.